The van der Waals surface area contributed by atoms with E-state index in [4.69, 9.17) is 0 Å². The molecule has 0 unspecified atom stereocenters. The molecule has 0 bridgehead atoms. The molecule has 0 aliphatic rings. The van der Waals surface area contributed by atoms with E-state index in [2.05, 4.69) is 40.7 Å². The Hall–Kier alpha value is -2.34. The van der Waals surface area contributed by atoms with Crippen molar-refractivity contribution >= 4 is 22.7 Å². The van der Waals surface area contributed by atoms with Crippen molar-refractivity contribution in [2.24, 2.45) is 0 Å². The van der Waals surface area contributed by atoms with Crippen LogP contribution >= 0.6 is 0 Å². The van der Waals surface area contributed by atoms with Crippen molar-refractivity contribution in [2.75, 3.05) is 26.7 Å². The Kier molecular flexibility index (Phi) is 13.5. The van der Waals surface area contributed by atoms with Gasteiger partial charge in [-0.05, 0) is 18.6 Å². The van der Waals surface area contributed by atoms with Crippen LogP contribution in [0.25, 0.3) is 10.9 Å². The van der Waals surface area contributed by atoms with Gasteiger partial charge in [-0.25, -0.2) is 0 Å². The number of carbonyl (C=O) groups is 2. The maximum absolute atomic E-state index is 11.3. The van der Waals surface area contributed by atoms with Crippen LogP contribution in [0.15, 0.2) is 30.5 Å². The summed E-state index contributed by atoms with van der Waals surface area (Å²) in [7, 11) is 1.74. The number of carbonyl (C=O) groups excluding carboxylic acids is 2. The van der Waals surface area contributed by atoms with E-state index in [1.165, 1.54) is 16.5 Å². The molecule has 1 aromatic carbocycles. The Morgan fingerprint density at radius 2 is 1.82 bits per heavy atom. The number of hydrogen-bond acceptors (Lipinski definition) is 3. The molecule has 158 valence electrons. The first-order valence-electron chi connectivity index (χ1n) is 10.1. The highest BCUT2D eigenvalue weighted by atomic mass is 16.2. The predicted molar refractivity (Wildman–Crippen MR) is 118 cm³/mol. The summed E-state index contributed by atoms with van der Waals surface area (Å²) in [6.07, 6.45) is 2.53. The second-order valence-electron chi connectivity index (χ2n) is 6.57. The van der Waals surface area contributed by atoms with Crippen molar-refractivity contribution < 1.29 is 9.59 Å². The first-order valence-corrected chi connectivity index (χ1v) is 10.1. The predicted octanol–water partition coefficient (Wildman–Crippen LogP) is 3.47. The van der Waals surface area contributed by atoms with Crippen molar-refractivity contribution in [3.05, 3.63) is 36.0 Å². The number of likely N-dealkylation sites (N-methyl/N-ethyl adjacent to an activating group) is 1. The highest BCUT2D eigenvalue weighted by molar-refractivity contribution is 5.82. The summed E-state index contributed by atoms with van der Waals surface area (Å²) in [5.41, 5.74) is 2.54. The molecule has 1 heterocycles. The summed E-state index contributed by atoms with van der Waals surface area (Å²) < 4.78 is 0. The van der Waals surface area contributed by atoms with E-state index in [1.807, 2.05) is 46.9 Å². The second kappa shape index (κ2) is 14.7. The van der Waals surface area contributed by atoms with E-state index >= 15 is 0 Å². The first kappa shape index (κ1) is 25.7. The number of nitrogens with one attached hydrogen (secondary N) is 3. The fourth-order valence-electron chi connectivity index (χ4n) is 2.33. The second-order valence-corrected chi connectivity index (χ2v) is 6.57. The molecule has 2 aromatic rings. The minimum atomic E-state index is -0.0361. The van der Waals surface area contributed by atoms with Gasteiger partial charge in [-0.15, -0.1) is 0 Å². The molecular formula is C22H38N4O2. The molecule has 0 aliphatic carbocycles. The minimum absolute atomic E-state index is 0.0361. The summed E-state index contributed by atoms with van der Waals surface area (Å²) in [6, 6.07) is 8.61. The lowest BCUT2D eigenvalue weighted by Crippen LogP contribution is -2.40. The SMILES string of the molecule is CC.CCC(=O)N(C)CCNC(=O)CNC(C)C.Cc1c[nH]c2ccccc12. The van der Waals surface area contributed by atoms with Crippen molar-refractivity contribution in [1.82, 2.24) is 20.5 Å². The third kappa shape index (κ3) is 10.1. The lowest BCUT2D eigenvalue weighted by atomic mass is 10.2. The van der Waals surface area contributed by atoms with Gasteiger partial charge >= 0.3 is 0 Å². The molecule has 0 aliphatic heterocycles. The number of aromatic nitrogens is 1. The molecule has 0 saturated carbocycles. The molecule has 0 atom stereocenters. The number of aromatic amines is 1. The van der Waals surface area contributed by atoms with Crippen LogP contribution < -0.4 is 10.6 Å². The normalized spacial score (nSPS) is 9.86. The maximum Gasteiger partial charge on any atom is 0.234 e. The molecule has 0 fully saturated rings. The number of amides is 2. The monoisotopic (exact) mass is 390 g/mol. The van der Waals surface area contributed by atoms with Gasteiger partial charge in [0.05, 0.1) is 6.54 Å². The molecular weight excluding hydrogens is 352 g/mol. The van der Waals surface area contributed by atoms with Crippen LogP contribution in [-0.2, 0) is 9.59 Å². The molecule has 0 radical (unpaired) electrons. The average molecular weight is 391 g/mol. The maximum atomic E-state index is 11.3. The summed E-state index contributed by atoms with van der Waals surface area (Å²) in [6.45, 7) is 13.3. The number of nitrogens with zero attached hydrogens (tertiary/aromatic N) is 1. The third-order valence-corrected chi connectivity index (χ3v) is 3.96. The standard InChI is InChI=1S/C11H23N3O2.C9H9N.C2H6/c1-5-11(16)14(4)7-6-12-10(15)8-13-9(2)3;1-7-6-10-9-5-3-2-4-8(7)9;1-2/h9,13H,5-8H2,1-4H3,(H,12,15);2-6,10H,1H3;1-2H3. The third-order valence-electron chi connectivity index (χ3n) is 3.96. The van der Waals surface area contributed by atoms with Crippen molar-refractivity contribution in [3.8, 4) is 0 Å². The number of fused-ring (bicyclic) bond motifs is 1. The highest BCUT2D eigenvalue weighted by Gasteiger charge is 2.06. The number of rotatable bonds is 7. The van der Waals surface area contributed by atoms with Crippen molar-refractivity contribution in [1.29, 1.82) is 0 Å². The van der Waals surface area contributed by atoms with Crippen LogP contribution in [0.4, 0.5) is 0 Å². The number of para-hydroxylation sites is 1. The molecule has 28 heavy (non-hydrogen) atoms. The van der Waals surface area contributed by atoms with E-state index in [1.54, 1.807) is 11.9 Å². The van der Waals surface area contributed by atoms with Crippen LogP contribution in [0, 0.1) is 6.92 Å². The van der Waals surface area contributed by atoms with Crippen LogP contribution in [0.5, 0.6) is 0 Å². The van der Waals surface area contributed by atoms with Gasteiger partial charge in [-0.3, -0.25) is 9.59 Å². The topological polar surface area (TPSA) is 77.2 Å². The van der Waals surface area contributed by atoms with Gasteiger partial charge in [0.25, 0.3) is 0 Å². The van der Waals surface area contributed by atoms with Gasteiger partial charge in [0, 0.05) is 49.7 Å². The molecule has 3 N–H and O–H groups in total. The van der Waals surface area contributed by atoms with E-state index < -0.39 is 0 Å². The summed E-state index contributed by atoms with van der Waals surface area (Å²) in [4.78, 5) is 27.3. The molecule has 1 aromatic heterocycles. The van der Waals surface area contributed by atoms with Gasteiger partial charge in [-0.2, -0.15) is 0 Å². The zero-order chi connectivity index (χ0) is 21.5. The van der Waals surface area contributed by atoms with Crippen molar-refractivity contribution in [2.45, 2.75) is 54.0 Å². The Balaban J connectivity index is 0.000000513. The zero-order valence-corrected chi connectivity index (χ0v) is 18.6. The lowest BCUT2D eigenvalue weighted by Gasteiger charge is -2.16. The zero-order valence-electron chi connectivity index (χ0n) is 18.6. The summed E-state index contributed by atoms with van der Waals surface area (Å²) in [5, 5.41) is 7.10. The van der Waals surface area contributed by atoms with E-state index in [-0.39, 0.29) is 11.8 Å². The van der Waals surface area contributed by atoms with Gasteiger partial charge in [0.15, 0.2) is 0 Å². The molecule has 6 nitrogen and oxygen atoms in total. The Morgan fingerprint density at radius 1 is 1.18 bits per heavy atom. The van der Waals surface area contributed by atoms with Crippen LogP contribution in [0.1, 0.15) is 46.6 Å². The Labute approximate surface area is 170 Å². The van der Waals surface area contributed by atoms with Gasteiger partial charge < -0.3 is 20.5 Å². The number of H-pyrrole nitrogens is 1. The van der Waals surface area contributed by atoms with E-state index in [9.17, 15) is 9.59 Å². The number of benzene rings is 1. The largest absolute Gasteiger partial charge is 0.361 e. The molecule has 0 saturated heterocycles. The first-order chi connectivity index (χ1) is 13.3. The molecule has 0 spiro atoms. The highest BCUT2D eigenvalue weighted by Crippen LogP contribution is 2.15. The minimum Gasteiger partial charge on any atom is -0.361 e. The average Bonchev–Trinajstić information content (AvgIpc) is 3.09. The van der Waals surface area contributed by atoms with Gasteiger partial charge in [-0.1, -0.05) is 52.8 Å². The fourth-order valence-corrected chi connectivity index (χ4v) is 2.33. The van der Waals surface area contributed by atoms with E-state index in [0.29, 0.717) is 32.1 Å². The summed E-state index contributed by atoms with van der Waals surface area (Å²) >= 11 is 0. The Bertz CT molecular complexity index is 695. The van der Waals surface area contributed by atoms with Gasteiger partial charge in [0.2, 0.25) is 11.8 Å². The molecule has 2 amide bonds. The van der Waals surface area contributed by atoms with Crippen molar-refractivity contribution in [3.63, 3.8) is 0 Å². The fraction of sp³-hybridized carbons (Fsp3) is 0.545. The van der Waals surface area contributed by atoms with Crippen LogP contribution in [0.2, 0.25) is 0 Å². The van der Waals surface area contributed by atoms with E-state index in [0.717, 1.165) is 0 Å². The van der Waals surface area contributed by atoms with Crippen LogP contribution in [0.3, 0.4) is 0 Å². The lowest BCUT2D eigenvalue weighted by molar-refractivity contribution is -0.130. The molecule has 2 rings (SSSR count). The quantitative estimate of drug-likeness (QED) is 0.677. The Morgan fingerprint density at radius 3 is 2.39 bits per heavy atom. The number of aryl methyl sites for hydroxylation is 1. The molecule has 6 heteroatoms. The van der Waals surface area contributed by atoms with Gasteiger partial charge in [0.1, 0.15) is 0 Å². The summed E-state index contributed by atoms with van der Waals surface area (Å²) in [5.74, 6) is 0.0561. The van der Waals surface area contributed by atoms with Crippen LogP contribution in [-0.4, -0.2) is 54.4 Å². The number of hydrogen-bond donors (Lipinski definition) is 3. The smallest absolute Gasteiger partial charge is 0.234 e.